The predicted octanol–water partition coefficient (Wildman–Crippen LogP) is 1.37. The molecule has 100 valence electrons. The van der Waals surface area contributed by atoms with Gasteiger partial charge < -0.3 is 9.80 Å². The summed E-state index contributed by atoms with van der Waals surface area (Å²) in [5.41, 5.74) is 0. The summed E-state index contributed by atoms with van der Waals surface area (Å²) in [4.78, 5) is 16.6. The van der Waals surface area contributed by atoms with Crippen LogP contribution < -0.4 is 0 Å². The number of nitrogens with zero attached hydrogens (tertiary/aromatic N) is 4. The molecule has 1 saturated heterocycles. The molecule has 1 aromatic rings. The van der Waals surface area contributed by atoms with Crippen molar-refractivity contribution in [2.24, 2.45) is 0 Å². The minimum Gasteiger partial charge on any atom is -0.338 e. The van der Waals surface area contributed by atoms with E-state index in [1.165, 1.54) is 0 Å². The summed E-state index contributed by atoms with van der Waals surface area (Å²) in [5.74, 6) is 0.154. The lowest BCUT2D eigenvalue weighted by atomic mass is 10.2. The maximum Gasteiger partial charge on any atom is 0.247 e. The zero-order valence-electron chi connectivity index (χ0n) is 10.8. The fourth-order valence-corrected chi connectivity index (χ4v) is 2.49. The normalized spacial score (nSPS) is 18.9. The van der Waals surface area contributed by atoms with E-state index in [9.17, 15) is 4.79 Å². The van der Waals surface area contributed by atoms with Crippen molar-refractivity contribution >= 4 is 21.8 Å². The summed E-state index contributed by atoms with van der Waals surface area (Å²) in [6.07, 6.45) is 3.55. The Bertz CT molecular complexity index is 412. The highest BCUT2D eigenvalue weighted by Crippen LogP contribution is 2.15. The lowest BCUT2D eigenvalue weighted by Crippen LogP contribution is -2.50. The SMILES string of the molecule is CCN1CCN(C(=O)[C@H](C)n2cc(Br)cn2)CC1. The second-order valence-electron chi connectivity index (χ2n) is 4.57. The number of hydrogen-bond acceptors (Lipinski definition) is 3. The largest absolute Gasteiger partial charge is 0.338 e. The van der Waals surface area contributed by atoms with Gasteiger partial charge >= 0.3 is 0 Å². The van der Waals surface area contributed by atoms with Crippen LogP contribution >= 0.6 is 15.9 Å². The van der Waals surface area contributed by atoms with Gasteiger partial charge in [0, 0.05) is 32.4 Å². The van der Waals surface area contributed by atoms with Crippen LogP contribution in [-0.2, 0) is 4.79 Å². The van der Waals surface area contributed by atoms with Gasteiger partial charge in [-0.1, -0.05) is 6.92 Å². The first-order valence-electron chi connectivity index (χ1n) is 6.32. The third-order valence-electron chi connectivity index (χ3n) is 3.46. The highest BCUT2D eigenvalue weighted by Gasteiger charge is 2.25. The van der Waals surface area contributed by atoms with E-state index in [-0.39, 0.29) is 11.9 Å². The molecule has 0 saturated carbocycles. The van der Waals surface area contributed by atoms with Crippen LogP contribution in [-0.4, -0.2) is 58.2 Å². The van der Waals surface area contributed by atoms with Crippen molar-refractivity contribution in [2.75, 3.05) is 32.7 Å². The molecule has 1 aliphatic heterocycles. The quantitative estimate of drug-likeness (QED) is 0.846. The van der Waals surface area contributed by atoms with Gasteiger partial charge in [-0.15, -0.1) is 0 Å². The van der Waals surface area contributed by atoms with E-state index in [1.54, 1.807) is 10.9 Å². The predicted molar refractivity (Wildman–Crippen MR) is 73.3 cm³/mol. The van der Waals surface area contributed by atoms with Crippen LogP contribution in [0.5, 0.6) is 0 Å². The van der Waals surface area contributed by atoms with Gasteiger partial charge in [0.15, 0.2) is 0 Å². The topological polar surface area (TPSA) is 41.4 Å². The number of amides is 1. The van der Waals surface area contributed by atoms with Crippen molar-refractivity contribution in [3.63, 3.8) is 0 Å². The Labute approximate surface area is 116 Å². The van der Waals surface area contributed by atoms with Gasteiger partial charge in [-0.3, -0.25) is 9.48 Å². The number of piperazine rings is 1. The maximum absolute atomic E-state index is 12.3. The van der Waals surface area contributed by atoms with E-state index in [4.69, 9.17) is 0 Å². The van der Waals surface area contributed by atoms with Crippen molar-refractivity contribution in [3.05, 3.63) is 16.9 Å². The van der Waals surface area contributed by atoms with Crippen molar-refractivity contribution < 1.29 is 4.79 Å². The Morgan fingerprint density at radius 1 is 1.44 bits per heavy atom. The summed E-state index contributed by atoms with van der Waals surface area (Å²) in [7, 11) is 0. The first-order valence-corrected chi connectivity index (χ1v) is 7.12. The van der Waals surface area contributed by atoms with Gasteiger partial charge in [0.05, 0.1) is 10.7 Å². The van der Waals surface area contributed by atoms with Crippen molar-refractivity contribution in [1.82, 2.24) is 19.6 Å². The summed E-state index contributed by atoms with van der Waals surface area (Å²) < 4.78 is 2.61. The number of aromatic nitrogens is 2. The molecule has 6 heteroatoms. The number of halogens is 1. The smallest absolute Gasteiger partial charge is 0.247 e. The molecular formula is C12H19BrN4O. The van der Waals surface area contributed by atoms with Crippen LogP contribution in [0.25, 0.3) is 0 Å². The molecule has 1 aliphatic rings. The van der Waals surface area contributed by atoms with E-state index in [0.29, 0.717) is 0 Å². The molecule has 0 aliphatic carbocycles. The Kier molecular flexibility index (Phi) is 4.40. The molecule has 0 unspecified atom stereocenters. The fourth-order valence-electron chi connectivity index (χ4n) is 2.19. The van der Waals surface area contributed by atoms with Crippen LogP contribution in [0.1, 0.15) is 19.9 Å². The molecule has 0 spiro atoms. The number of likely N-dealkylation sites (N-methyl/N-ethyl adjacent to an activating group) is 1. The zero-order chi connectivity index (χ0) is 13.1. The molecule has 2 heterocycles. The van der Waals surface area contributed by atoms with Crippen molar-refractivity contribution in [2.45, 2.75) is 19.9 Å². The Morgan fingerprint density at radius 2 is 2.11 bits per heavy atom. The lowest BCUT2D eigenvalue weighted by molar-refractivity contribution is -0.136. The highest BCUT2D eigenvalue weighted by atomic mass is 79.9. The number of rotatable bonds is 3. The van der Waals surface area contributed by atoms with Crippen LogP contribution in [0.4, 0.5) is 0 Å². The summed E-state index contributed by atoms with van der Waals surface area (Å²) >= 11 is 3.35. The molecule has 1 amide bonds. The molecule has 1 aromatic heterocycles. The Hall–Kier alpha value is -0.880. The van der Waals surface area contributed by atoms with E-state index in [1.807, 2.05) is 18.0 Å². The van der Waals surface area contributed by atoms with Crippen LogP contribution in [0, 0.1) is 0 Å². The van der Waals surface area contributed by atoms with Crippen LogP contribution in [0.3, 0.4) is 0 Å². The van der Waals surface area contributed by atoms with Crippen LogP contribution in [0.15, 0.2) is 16.9 Å². The first-order chi connectivity index (χ1) is 8.61. The Morgan fingerprint density at radius 3 is 2.61 bits per heavy atom. The van der Waals surface area contributed by atoms with Crippen molar-refractivity contribution in [1.29, 1.82) is 0 Å². The van der Waals surface area contributed by atoms with E-state index < -0.39 is 0 Å². The van der Waals surface area contributed by atoms with Gasteiger partial charge in [0.1, 0.15) is 6.04 Å². The molecule has 1 atom stereocenters. The minimum atomic E-state index is -0.232. The van der Waals surface area contributed by atoms with Crippen LogP contribution in [0.2, 0.25) is 0 Å². The first kappa shape index (κ1) is 13.5. The minimum absolute atomic E-state index is 0.154. The molecule has 1 fully saturated rings. The van der Waals surface area contributed by atoms with Gasteiger partial charge in [0.25, 0.3) is 0 Å². The monoisotopic (exact) mass is 314 g/mol. The second kappa shape index (κ2) is 5.84. The molecule has 18 heavy (non-hydrogen) atoms. The lowest BCUT2D eigenvalue weighted by Gasteiger charge is -2.35. The zero-order valence-corrected chi connectivity index (χ0v) is 12.4. The third kappa shape index (κ3) is 2.92. The summed E-state index contributed by atoms with van der Waals surface area (Å²) in [6, 6.07) is -0.232. The van der Waals surface area contributed by atoms with Gasteiger partial charge in [-0.25, -0.2) is 0 Å². The van der Waals surface area contributed by atoms with E-state index in [2.05, 4.69) is 32.9 Å². The number of carbonyl (C=O) groups is 1. The molecule has 5 nitrogen and oxygen atoms in total. The van der Waals surface area contributed by atoms with E-state index in [0.717, 1.165) is 37.2 Å². The molecular weight excluding hydrogens is 296 g/mol. The molecule has 2 rings (SSSR count). The standard InChI is InChI=1S/C12H19BrN4O/c1-3-15-4-6-16(7-5-15)12(18)10(2)17-9-11(13)8-14-17/h8-10H,3-7H2,1-2H3/t10-/m0/s1. The molecule has 0 N–H and O–H groups in total. The molecule has 0 radical (unpaired) electrons. The highest BCUT2D eigenvalue weighted by molar-refractivity contribution is 9.10. The third-order valence-corrected chi connectivity index (χ3v) is 3.86. The average Bonchev–Trinajstić information content (AvgIpc) is 2.84. The summed E-state index contributed by atoms with van der Waals surface area (Å²) in [5, 5.41) is 4.17. The van der Waals surface area contributed by atoms with Gasteiger partial charge in [-0.05, 0) is 29.4 Å². The van der Waals surface area contributed by atoms with Gasteiger partial charge in [0.2, 0.25) is 5.91 Å². The fraction of sp³-hybridized carbons (Fsp3) is 0.667. The average molecular weight is 315 g/mol. The number of hydrogen-bond donors (Lipinski definition) is 0. The van der Waals surface area contributed by atoms with Gasteiger partial charge in [-0.2, -0.15) is 5.10 Å². The second-order valence-corrected chi connectivity index (χ2v) is 5.49. The number of carbonyl (C=O) groups excluding carboxylic acids is 1. The molecule has 0 bridgehead atoms. The summed E-state index contributed by atoms with van der Waals surface area (Å²) in [6.45, 7) is 8.69. The maximum atomic E-state index is 12.3. The molecule has 0 aromatic carbocycles. The van der Waals surface area contributed by atoms with E-state index >= 15 is 0 Å². The Balaban J connectivity index is 1.95. The van der Waals surface area contributed by atoms with Crippen molar-refractivity contribution in [3.8, 4) is 0 Å².